The Morgan fingerprint density at radius 1 is 1.18 bits per heavy atom. The molecule has 15 heteroatoms. The maximum atomic E-state index is 15.1. The molecule has 210 valence electrons. The number of nitrogens with one attached hydrogen (secondary N) is 2. The summed E-state index contributed by atoms with van der Waals surface area (Å²) >= 11 is 0. The fraction of sp³-hybridized carbons (Fsp3) is 0.458. The number of halogens is 2. The Morgan fingerprint density at radius 2 is 1.87 bits per heavy atom. The van der Waals surface area contributed by atoms with E-state index in [1.54, 1.807) is 6.92 Å². The number of anilines is 2. The molecule has 1 aromatic carbocycles. The van der Waals surface area contributed by atoms with Gasteiger partial charge in [-0.05, 0) is 13.8 Å². The third-order valence-corrected chi connectivity index (χ3v) is 6.22. The molecule has 13 nitrogen and oxygen atoms in total. The van der Waals surface area contributed by atoms with E-state index in [0.29, 0.717) is 0 Å². The van der Waals surface area contributed by atoms with Crippen LogP contribution in [0.1, 0.15) is 24.4 Å². The van der Waals surface area contributed by atoms with Crippen molar-refractivity contribution in [3.05, 3.63) is 41.8 Å². The highest BCUT2D eigenvalue weighted by Gasteiger charge is 2.35. The van der Waals surface area contributed by atoms with Gasteiger partial charge in [0.2, 0.25) is 11.7 Å². The molecule has 2 saturated heterocycles. The lowest BCUT2D eigenvalue weighted by Crippen LogP contribution is -2.54. The van der Waals surface area contributed by atoms with E-state index in [-0.39, 0.29) is 68.9 Å². The van der Waals surface area contributed by atoms with Gasteiger partial charge in [0, 0.05) is 44.4 Å². The Balaban J connectivity index is 1.33. The second-order valence-corrected chi connectivity index (χ2v) is 8.86. The summed E-state index contributed by atoms with van der Waals surface area (Å²) in [6.45, 7) is 3.97. The Kier molecular flexibility index (Phi) is 8.46. The molecule has 2 N–H and O–H groups in total. The molecule has 0 spiro atoms. The van der Waals surface area contributed by atoms with Crippen LogP contribution in [0.25, 0.3) is 0 Å². The molecule has 1 aromatic heterocycles. The van der Waals surface area contributed by atoms with Crippen LogP contribution in [-0.2, 0) is 14.3 Å². The smallest absolute Gasteiger partial charge is 0.414 e. The molecule has 0 aliphatic carbocycles. The van der Waals surface area contributed by atoms with Crippen LogP contribution in [0.3, 0.4) is 0 Å². The standard InChI is InChI=1S/C24H28F2N6O7/c1-3-37-23(35)27-12-16-13-32(24(36)38-16)15-10-17(25)20(18(26)11-15)30-6-8-31(9-7-30)22(34)14(2)29-21(33)19-4-5-28-39-19/h4-5,10-11,14,16H,3,6-9,12-13H2,1-2H3,(H,27,35)(H,29,33). The van der Waals surface area contributed by atoms with Gasteiger partial charge in [-0.15, -0.1) is 0 Å². The number of rotatable bonds is 8. The number of hydrogen-bond donors (Lipinski definition) is 2. The quantitative estimate of drug-likeness (QED) is 0.499. The Morgan fingerprint density at radius 3 is 2.49 bits per heavy atom. The van der Waals surface area contributed by atoms with Gasteiger partial charge < -0.3 is 34.4 Å². The van der Waals surface area contributed by atoms with Gasteiger partial charge in [-0.3, -0.25) is 14.5 Å². The maximum Gasteiger partial charge on any atom is 0.414 e. The van der Waals surface area contributed by atoms with Gasteiger partial charge in [0.05, 0.1) is 31.6 Å². The topological polar surface area (TPSA) is 147 Å². The van der Waals surface area contributed by atoms with Gasteiger partial charge in [0.25, 0.3) is 5.91 Å². The van der Waals surface area contributed by atoms with Gasteiger partial charge in [-0.2, -0.15) is 0 Å². The molecule has 3 heterocycles. The predicted molar refractivity (Wildman–Crippen MR) is 131 cm³/mol. The van der Waals surface area contributed by atoms with E-state index in [1.165, 1.54) is 29.0 Å². The lowest BCUT2D eigenvalue weighted by molar-refractivity contribution is -0.133. The minimum absolute atomic E-state index is 0.0184. The molecule has 2 aliphatic rings. The number of cyclic esters (lactones) is 1. The molecule has 2 aromatic rings. The van der Waals surface area contributed by atoms with Crippen molar-refractivity contribution in [1.82, 2.24) is 20.7 Å². The zero-order valence-electron chi connectivity index (χ0n) is 21.3. The summed E-state index contributed by atoms with van der Waals surface area (Å²) in [6.07, 6.45) is -0.874. The van der Waals surface area contributed by atoms with Gasteiger partial charge >= 0.3 is 12.2 Å². The molecule has 0 radical (unpaired) electrons. The minimum atomic E-state index is -0.877. The van der Waals surface area contributed by atoms with Gasteiger partial charge in [0.15, 0.2) is 11.6 Å². The van der Waals surface area contributed by atoms with Crippen LogP contribution in [0.4, 0.5) is 29.7 Å². The van der Waals surface area contributed by atoms with Gasteiger partial charge in [-0.1, -0.05) is 5.16 Å². The van der Waals surface area contributed by atoms with E-state index < -0.39 is 41.9 Å². The zero-order chi connectivity index (χ0) is 28.1. The number of carbonyl (C=O) groups is 4. The normalized spacial score (nSPS) is 18.0. The summed E-state index contributed by atoms with van der Waals surface area (Å²) in [5.74, 6) is -2.71. The first kappa shape index (κ1) is 27.6. The predicted octanol–water partition coefficient (Wildman–Crippen LogP) is 1.49. The minimum Gasteiger partial charge on any atom is -0.450 e. The van der Waals surface area contributed by atoms with Crippen molar-refractivity contribution >= 4 is 35.4 Å². The number of carbonyl (C=O) groups excluding carboxylic acids is 4. The average Bonchev–Trinajstić information content (AvgIpc) is 3.57. The second kappa shape index (κ2) is 12.0. The third kappa shape index (κ3) is 6.35. The van der Waals surface area contributed by atoms with Gasteiger partial charge in [0.1, 0.15) is 17.8 Å². The number of aromatic nitrogens is 1. The van der Waals surface area contributed by atoms with Crippen LogP contribution in [0.2, 0.25) is 0 Å². The van der Waals surface area contributed by atoms with E-state index in [1.807, 2.05) is 0 Å². The number of piperazine rings is 1. The molecule has 0 saturated carbocycles. The lowest BCUT2D eigenvalue weighted by atomic mass is 10.1. The molecular weight excluding hydrogens is 522 g/mol. The number of ether oxygens (including phenoxy) is 2. The van der Waals surface area contributed by atoms with Crippen molar-refractivity contribution in [1.29, 1.82) is 0 Å². The van der Waals surface area contributed by atoms with Crippen molar-refractivity contribution in [2.75, 3.05) is 55.7 Å². The summed E-state index contributed by atoms with van der Waals surface area (Å²) in [4.78, 5) is 52.7. The SMILES string of the molecule is CCOC(=O)NCC1CN(c2cc(F)c(N3CCN(C(=O)C(C)NC(=O)c4ccno4)CC3)c(F)c2)C(=O)O1. The van der Waals surface area contributed by atoms with E-state index in [9.17, 15) is 19.2 Å². The Labute approximate surface area is 221 Å². The molecule has 0 bridgehead atoms. The highest BCUT2D eigenvalue weighted by molar-refractivity contribution is 5.95. The maximum absolute atomic E-state index is 15.1. The summed E-state index contributed by atoms with van der Waals surface area (Å²) < 4.78 is 44.9. The molecule has 4 amide bonds. The largest absolute Gasteiger partial charge is 0.450 e. The van der Waals surface area contributed by atoms with E-state index >= 15 is 8.78 Å². The first-order valence-electron chi connectivity index (χ1n) is 12.3. The molecule has 4 rings (SSSR count). The van der Waals surface area contributed by atoms with E-state index in [0.717, 1.165) is 17.0 Å². The fourth-order valence-corrected chi connectivity index (χ4v) is 4.31. The summed E-state index contributed by atoms with van der Waals surface area (Å²) in [7, 11) is 0. The van der Waals surface area contributed by atoms with Crippen molar-refractivity contribution in [2.45, 2.75) is 26.0 Å². The second-order valence-electron chi connectivity index (χ2n) is 8.86. The average molecular weight is 551 g/mol. The summed E-state index contributed by atoms with van der Waals surface area (Å²) in [5.41, 5.74) is -0.298. The van der Waals surface area contributed by atoms with Crippen LogP contribution in [-0.4, -0.2) is 92.1 Å². The molecule has 2 aliphatic heterocycles. The summed E-state index contributed by atoms with van der Waals surface area (Å²) in [6, 6.07) is 2.60. The first-order chi connectivity index (χ1) is 18.7. The van der Waals surface area contributed by atoms with E-state index in [4.69, 9.17) is 14.0 Å². The van der Waals surface area contributed by atoms with Crippen LogP contribution in [0.15, 0.2) is 28.9 Å². The Bertz CT molecular complexity index is 1200. The highest BCUT2D eigenvalue weighted by Crippen LogP contribution is 2.31. The van der Waals surface area contributed by atoms with E-state index in [2.05, 4.69) is 15.8 Å². The van der Waals surface area contributed by atoms with Crippen LogP contribution < -0.4 is 20.4 Å². The number of hydrogen-bond acceptors (Lipinski definition) is 9. The molecule has 39 heavy (non-hydrogen) atoms. The summed E-state index contributed by atoms with van der Waals surface area (Å²) in [5, 5.41) is 8.43. The number of benzene rings is 1. The molecular formula is C24H28F2N6O7. The molecule has 2 fully saturated rings. The van der Waals surface area contributed by atoms with Crippen molar-refractivity contribution < 1.29 is 42.0 Å². The first-order valence-corrected chi connectivity index (χ1v) is 12.3. The van der Waals surface area contributed by atoms with Gasteiger partial charge in [-0.25, -0.2) is 18.4 Å². The van der Waals surface area contributed by atoms with Crippen LogP contribution in [0.5, 0.6) is 0 Å². The number of alkyl carbamates (subject to hydrolysis) is 1. The monoisotopic (exact) mass is 550 g/mol. The van der Waals surface area contributed by atoms with Crippen molar-refractivity contribution in [2.24, 2.45) is 0 Å². The number of amides is 4. The fourth-order valence-electron chi connectivity index (χ4n) is 4.31. The zero-order valence-corrected chi connectivity index (χ0v) is 21.3. The molecule has 2 unspecified atom stereocenters. The van der Waals surface area contributed by atoms with Crippen LogP contribution in [0, 0.1) is 11.6 Å². The Hall–Kier alpha value is -4.43. The molecule has 2 atom stereocenters. The lowest BCUT2D eigenvalue weighted by Gasteiger charge is -2.37. The van der Waals surface area contributed by atoms with Crippen LogP contribution >= 0.6 is 0 Å². The third-order valence-electron chi connectivity index (χ3n) is 6.22. The van der Waals surface area contributed by atoms with Crippen molar-refractivity contribution in [3.63, 3.8) is 0 Å². The number of nitrogens with zero attached hydrogens (tertiary/aromatic N) is 4. The van der Waals surface area contributed by atoms with Crippen molar-refractivity contribution in [3.8, 4) is 0 Å². The highest BCUT2D eigenvalue weighted by atomic mass is 19.1.